The third-order valence-electron chi connectivity index (χ3n) is 2.05. The summed E-state index contributed by atoms with van der Waals surface area (Å²) in [4.78, 5) is 9.70. The second kappa shape index (κ2) is 3.62. The minimum Gasteiger partial charge on any atom is -0.362 e. The molecule has 0 aliphatic heterocycles. The van der Waals surface area contributed by atoms with Gasteiger partial charge < -0.3 is 4.90 Å². The van der Waals surface area contributed by atoms with E-state index in [1.54, 1.807) is 17.0 Å². The van der Waals surface area contributed by atoms with E-state index in [0.29, 0.717) is 11.2 Å². The highest BCUT2D eigenvalue weighted by Gasteiger charge is 2.10. The van der Waals surface area contributed by atoms with Crippen LogP contribution in [0.4, 0.5) is 10.2 Å². The molecular formula is C10H9ClFN3. The van der Waals surface area contributed by atoms with E-state index >= 15 is 0 Å². The molecule has 2 rings (SSSR count). The summed E-state index contributed by atoms with van der Waals surface area (Å²) in [7, 11) is 3.64. The van der Waals surface area contributed by atoms with Crippen molar-refractivity contribution in [1.82, 2.24) is 9.97 Å². The quantitative estimate of drug-likeness (QED) is 0.699. The number of hydrogen-bond acceptors (Lipinski definition) is 3. The van der Waals surface area contributed by atoms with Crippen LogP contribution in [-0.2, 0) is 0 Å². The van der Waals surface area contributed by atoms with Gasteiger partial charge >= 0.3 is 0 Å². The number of anilines is 1. The van der Waals surface area contributed by atoms with E-state index in [0.717, 1.165) is 0 Å². The third-order valence-corrected chi connectivity index (χ3v) is 2.22. The van der Waals surface area contributed by atoms with E-state index in [1.165, 1.54) is 6.07 Å². The number of benzene rings is 1. The van der Waals surface area contributed by atoms with Gasteiger partial charge in [0.2, 0.25) is 5.28 Å². The molecule has 0 radical (unpaired) electrons. The van der Waals surface area contributed by atoms with Gasteiger partial charge in [-0.05, 0) is 23.7 Å². The number of halogens is 2. The predicted molar refractivity (Wildman–Crippen MR) is 58.8 cm³/mol. The van der Waals surface area contributed by atoms with Gasteiger partial charge in [-0.15, -0.1) is 0 Å². The number of fused-ring (bicyclic) bond motifs is 1. The standard InChI is InChI=1S/C10H9ClFN3/c1-15(2)9-6-4-3-5-7(12)8(6)13-10(11)14-9/h3-5H,1-2H3. The maximum atomic E-state index is 13.4. The van der Waals surface area contributed by atoms with Gasteiger partial charge in [0, 0.05) is 19.5 Å². The molecule has 0 bridgehead atoms. The zero-order valence-electron chi connectivity index (χ0n) is 8.33. The van der Waals surface area contributed by atoms with Crippen molar-refractivity contribution in [2.24, 2.45) is 0 Å². The summed E-state index contributed by atoms with van der Waals surface area (Å²) in [5.41, 5.74) is 0.251. The van der Waals surface area contributed by atoms with Gasteiger partial charge in [-0.25, -0.2) is 9.37 Å². The fraction of sp³-hybridized carbons (Fsp3) is 0.200. The predicted octanol–water partition coefficient (Wildman–Crippen LogP) is 2.49. The molecule has 0 N–H and O–H groups in total. The van der Waals surface area contributed by atoms with Crippen molar-refractivity contribution >= 4 is 28.3 Å². The molecule has 5 heteroatoms. The Kier molecular flexibility index (Phi) is 2.44. The molecule has 78 valence electrons. The topological polar surface area (TPSA) is 29.0 Å². The number of aromatic nitrogens is 2. The Balaban J connectivity index is 2.86. The van der Waals surface area contributed by atoms with Gasteiger partial charge in [0.15, 0.2) is 0 Å². The Morgan fingerprint density at radius 3 is 2.67 bits per heavy atom. The second-order valence-corrected chi connectivity index (χ2v) is 3.68. The second-order valence-electron chi connectivity index (χ2n) is 3.35. The normalized spacial score (nSPS) is 10.7. The van der Waals surface area contributed by atoms with Crippen molar-refractivity contribution in [3.63, 3.8) is 0 Å². The molecule has 0 aliphatic rings. The largest absolute Gasteiger partial charge is 0.362 e. The van der Waals surface area contributed by atoms with Crippen LogP contribution in [0, 0.1) is 5.82 Å². The first-order chi connectivity index (χ1) is 7.09. The van der Waals surface area contributed by atoms with E-state index in [-0.39, 0.29) is 16.6 Å². The van der Waals surface area contributed by atoms with Crippen LogP contribution in [0.1, 0.15) is 0 Å². The van der Waals surface area contributed by atoms with Crippen molar-refractivity contribution in [2.75, 3.05) is 19.0 Å². The summed E-state index contributed by atoms with van der Waals surface area (Å²) in [5, 5.41) is 0.709. The van der Waals surface area contributed by atoms with Crippen LogP contribution >= 0.6 is 11.6 Å². The Hall–Kier alpha value is -1.42. The minimum absolute atomic E-state index is 0.0521. The monoisotopic (exact) mass is 225 g/mol. The first kappa shape index (κ1) is 10.1. The van der Waals surface area contributed by atoms with Crippen molar-refractivity contribution in [2.45, 2.75) is 0 Å². The molecule has 0 unspecified atom stereocenters. The summed E-state index contributed by atoms with van der Waals surface area (Å²) < 4.78 is 13.4. The minimum atomic E-state index is -0.389. The fourth-order valence-corrected chi connectivity index (χ4v) is 1.58. The molecule has 15 heavy (non-hydrogen) atoms. The molecule has 0 saturated carbocycles. The van der Waals surface area contributed by atoms with Crippen molar-refractivity contribution < 1.29 is 4.39 Å². The van der Waals surface area contributed by atoms with Crippen LogP contribution in [-0.4, -0.2) is 24.1 Å². The van der Waals surface area contributed by atoms with E-state index in [4.69, 9.17) is 11.6 Å². The molecule has 3 nitrogen and oxygen atoms in total. The number of nitrogens with zero attached hydrogens (tertiary/aromatic N) is 3. The van der Waals surface area contributed by atoms with E-state index in [2.05, 4.69) is 9.97 Å². The number of hydrogen-bond donors (Lipinski definition) is 0. The molecule has 0 saturated heterocycles. The van der Waals surface area contributed by atoms with Crippen LogP contribution in [0.3, 0.4) is 0 Å². The highest BCUT2D eigenvalue weighted by molar-refractivity contribution is 6.28. The van der Waals surface area contributed by atoms with Crippen molar-refractivity contribution in [1.29, 1.82) is 0 Å². The lowest BCUT2D eigenvalue weighted by molar-refractivity contribution is 0.636. The zero-order valence-corrected chi connectivity index (χ0v) is 9.09. The van der Waals surface area contributed by atoms with Crippen LogP contribution in [0.25, 0.3) is 10.9 Å². The van der Waals surface area contributed by atoms with Gasteiger partial charge in [-0.1, -0.05) is 6.07 Å². The summed E-state index contributed by atoms with van der Waals surface area (Å²) in [6.45, 7) is 0. The van der Waals surface area contributed by atoms with Gasteiger partial charge in [0.05, 0.1) is 0 Å². The lowest BCUT2D eigenvalue weighted by Gasteiger charge is -2.13. The molecule has 0 fully saturated rings. The van der Waals surface area contributed by atoms with Gasteiger partial charge in [-0.3, -0.25) is 0 Å². The molecule has 0 spiro atoms. The first-order valence-electron chi connectivity index (χ1n) is 4.38. The summed E-state index contributed by atoms with van der Waals surface area (Å²) in [5.74, 6) is 0.226. The lowest BCUT2D eigenvalue weighted by Crippen LogP contribution is -2.12. The van der Waals surface area contributed by atoms with Crippen LogP contribution in [0.15, 0.2) is 18.2 Å². The molecule has 1 aromatic carbocycles. The summed E-state index contributed by atoms with van der Waals surface area (Å²) >= 11 is 5.72. The highest BCUT2D eigenvalue weighted by atomic mass is 35.5. The van der Waals surface area contributed by atoms with E-state index in [9.17, 15) is 4.39 Å². The Morgan fingerprint density at radius 2 is 2.00 bits per heavy atom. The summed E-state index contributed by atoms with van der Waals surface area (Å²) in [6.07, 6.45) is 0. The molecule has 0 atom stereocenters. The van der Waals surface area contributed by atoms with Crippen LogP contribution in [0.5, 0.6) is 0 Å². The molecule has 2 aromatic rings. The zero-order chi connectivity index (χ0) is 11.0. The molecular weight excluding hydrogens is 217 g/mol. The maximum Gasteiger partial charge on any atom is 0.225 e. The molecule has 1 aromatic heterocycles. The maximum absolute atomic E-state index is 13.4. The lowest BCUT2D eigenvalue weighted by atomic mass is 10.2. The highest BCUT2D eigenvalue weighted by Crippen LogP contribution is 2.25. The van der Waals surface area contributed by atoms with Gasteiger partial charge in [0.25, 0.3) is 0 Å². The Morgan fingerprint density at radius 1 is 1.27 bits per heavy atom. The number of para-hydroxylation sites is 1. The van der Waals surface area contributed by atoms with E-state index < -0.39 is 0 Å². The fourth-order valence-electron chi connectivity index (χ4n) is 1.42. The van der Waals surface area contributed by atoms with Crippen molar-refractivity contribution in [3.8, 4) is 0 Å². The molecule has 0 aliphatic carbocycles. The van der Waals surface area contributed by atoms with Gasteiger partial charge in [0.1, 0.15) is 17.2 Å². The van der Waals surface area contributed by atoms with E-state index in [1.807, 2.05) is 14.1 Å². The Bertz CT molecular complexity index is 513. The SMILES string of the molecule is CN(C)c1nc(Cl)nc2c(F)cccc12. The van der Waals surface area contributed by atoms with Gasteiger partial charge in [-0.2, -0.15) is 4.98 Å². The molecule has 1 heterocycles. The molecule has 0 amide bonds. The number of rotatable bonds is 1. The first-order valence-corrected chi connectivity index (χ1v) is 4.76. The third kappa shape index (κ3) is 1.72. The van der Waals surface area contributed by atoms with Crippen LogP contribution in [0.2, 0.25) is 5.28 Å². The Labute approximate surface area is 91.5 Å². The smallest absolute Gasteiger partial charge is 0.225 e. The average Bonchev–Trinajstić information content (AvgIpc) is 2.18. The van der Waals surface area contributed by atoms with Crippen LogP contribution < -0.4 is 4.90 Å². The van der Waals surface area contributed by atoms with Crippen molar-refractivity contribution in [3.05, 3.63) is 29.3 Å². The average molecular weight is 226 g/mol. The summed E-state index contributed by atoms with van der Waals surface area (Å²) in [6, 6.07) is 4.75.